The maximum Gasteiger partial charge on any atom is 0.260 e. The molecule has 2 aromatic rings. The lowest BCUT2D eigenvalue weighted by Gasteiger charge is -2.38. The van der Waals surface area contributed by atoms with Crippen LogP contribution in [0.4, 0.5) is 0 Å². The van der Waals surface area contributed by atoms with Crippen LogP contribution < -0.4 is 14.2 Å². The zero-order chi connectivity index (χ0) is 19.0. The highest BCUT2D eigenvalue weighted by atomic mass is 79.9. The van der Waals surface area contributed by atoms with Gasteiger partial charge in [0.05, 0.1) is 17.6 Å². The van der Waals surface area contributed by atoms with Gasteiger partial charge in [0, 0.05) is 18.2 Å². The SMILES string of the molecule is CC1(C)Cc2cccc(OCC(=O)N3CC(Oc4ncccc4Br)C3)c2O1. The van der Waals surface area contributed by atoms with E-state index in [1.165, 1.54) is 0 Å². The van der Waals surface area contributed by atoms with Gasteiger partial charge < -0.3 is 19.1 Å². The molecule has 0 radical (unpaired) electrons. The molecule has 0 N–H and O–H groups in total. The minimum absolute atomic E-state index is 0.0136. The second-order valence-electron chi connectivity index (χ2n) is 7.40. The highest BCUT2D eigenvalue weighted by Crippen LogP contribution is 2.41. The first kappa shape index (κ1) is 18.1. The van der Waals surface area contributed by atoms with Crippen molar-refractivity contribution in [3.05, 3.63) is 46.6 Å². The molecule has 0 bridgehead atoms. The lowest BCUT2D eigenvalue weighted by atomic mass is 10.0. The summed E-state index contributed by atoms with van der Waals surface area (Å²) in [6.45, 7) is 5.13. The third-order valence-corrected chi connectivity index (χ3v) is 5.21. The number of para-hydroxylation sites is 1. The van der Waals surface area contributed by atoms with Crippen molar-refractivity contribution in [2.75, 3.05) is 19.7 Å². The molecule has 2 aliphatic heterocycles. The van der Waals surface area contributed by atoms with Gasteiger partial charge in [0.1, 0.15) is 11.7 Å². The van der Waals surface area contributed by atoms with Crippen LogP contribution >= 0.6 is 15.9 Å². The van der Waals surface area contributed by atoms with Gasteiger partial charge in [-0.25, -0.2) is 4.98 Å². The van der Waals surface area contributed by atoms with Gasteiger partial charge in [-0.3, -0.25) is 4.79 Å². The fraction of sp³-hybridized carbons (Fsp3) is 0.400. The topological polar surface area (TPSA) is 60.9 Å². The van der Waals surface area contributed by atoms with E-state index in [4.69, 9.17) is 14.2 Å². The Morgan fingerprint density at radius 2 is 2.15 bits per heavy atom. The van der Waals surface area contributed by atoms with E-state index in [-0.39, 0.29) is 24.2 Å². The zero-order valence-electron chi connectivity index (χ0n) is 15.3. The second-order valence-corrected chi connectivity index (χ2v) is 8.25. The fourth-order valence-electron chi connectivity index (χ4n) is 3.26. The van der Waals surface area contributed by atoms with E-state index in [0.29, 0.717) is 24.7 Å². The summed E-state index contributed by atoms with van der Waals surface area (Å²) < 4.78 is 18.3. The van der Waals surface area contributed by atoms with Crippen molar-refractivity contribution in [1.82, 2.24) is 9.88 Å². The van der Waals surface area contributed by atoms with E-state index in [1.807, 2.05) is 44.2 Å². The minimum atomic E-state index is -0.242. The van der Waals surface area contributed by atoms with Crippen LogP contribution in [0.2, 0.25) is 0 Å². The number of hydrogen-bond acceptors (Lipinski definition) is 5. The van der Waals surface area contributed by atoms with Crippen molar-refractivity contribution >= 4 is 21.8 Å². The molecule has 27 heavy (non-hydrogen) atoms. The number of ether oxygens (including phenoxy) is 3. The fourth-order valence-corrected chi connectivity index (χ4v) is 3.61. The van der Waals surface area contributed by atoms with Crippen LogP contribution in [-0.2, 0) is 11.2 Å². The van der Waals surface area contributed by atoms with Gasteiger partial charge in [-0.05, 0) is 48.0 Å². The molecule has 3 heterocycles. The zero-order valence-corrected chi connectivity index (χ0v) is 16.9. The van der Waals surface area contributed by atoms with Gasteiger partial charge in [-0.2, -0.15) is 0 Å². The number of carbonyl (C=O) groups is 1. The molecule has 1 aromatic heterocycles. The predicted octanol–water partition coefficient (Wildman–Crippen LogP) is 3.23. The van der Waals surface area contributed by atoms with E-state index in [0.717, 1.165) is 22.2 Å². The summed E-state index contributed by atoms with van der Waals surface area (Å²) in [4.78, 5) is 18.3. The second kappa shape index (κ2) is 7.03. The summed E-state index contributed by atoms with van der Waals surface area (Å²) in [6.07, 6.45) is 2.46. The molecule has 0 saturated carbocycles. The highest BCUT2D eigenvalue weighted by molar-refractivity contribution is 9.10. The number of hydrogen-bond donors (Lipinski definition) is 0. The van der Waals surface area contributed by atoms with Crippen LogP contribution in [0, 0.1) is 0 Å². The number of likely N-dealkylation sites (tertiary alicyclic amines) is 1. The summed E-state index contributed by atoms with van der Waals surface area (Å²) in [5, 5.41) is 0. The Kier molecular flexibility index (Phi) is 4.72. The molecular formula is C20H21BrN2O4. The van der Waals surface area contributed by atoms with E-state index in [2.05, 4.69) is 20.9 Å². The molecule has 2 aliphatic rings. The quantitative estimate of drug-likeness (QED) is 0.725. The Balaban J connectivity index is 1.29. The predicted molar refractivity (Wildman–Crippen MR) is 103 cm³/mol. The van der Waals surface area contributed by atoms with Gasteiger partial charge in [0.25, 0.3) is 5.91 Å². The molecular weight excluding hydrogens is 412 g/mol. The van der Waals surface area contributed by atoms with E-state index in [9.17, 15) is 4.79 Å². The van der Waals surface area contributed by atoms with Gasteiger partial charge >= 0.3 is 0 Å². The number of aromatic nitrogens is 1. The molecule has 6 nitrogen and oxygen atoms in total. The first-order valence-corrected chi connectivity index (χ1v) is 9.69. The number of nitrogens with zero attached hydrogens (tertiary/aromatic N) is 2. The summed E-state index contributed by atoms with van der Waals surface area (Å²) in [5.41, 5.74) is 0.872. The average molecular weight is 433 g/mol. The highest BCUT2D eigenvalue weighted by Gasteiger charge is 2.34. The molecule has 0 spiro atoms. The van der Waals surface area contributed by atoms with Crippen molar-refractivity contribution < 1.29 is 19.0 Å². The molecule has 1 saturated heterocycles. The molecule has 7 heteroatoms. The van der Waals surface area contributed by atoms with Crippen LogP contribution in [0.3, 0.4) is 0 Å². The summed E-state index contributed by atoms with van der Waals surface area (Å²) in [6, 6.07) is 9.51. The largest absolute Gasteiger partial charge is 0.483 e. The van der Waals surface area contributed by atoms with Gasteiger partial charge in [0.2, 0.25) is 5.88 Å². The van der Waals surface area contributed by atoms with E-state index in [1.54, 1.807) is 11.1 Å². The number of rotatable bonds is 5. The number of fused-ring (bicyclic) bond motifs is 1. The van der Waals surface area contributed by atoms with Gasteiger partial charge in [0.15, 0.2) is 18.1 Å². The van der Waals surface area contributed by atoms with Gasteiger partial charge in [-0.1, -0.05) is 12.1 Å². The van der Waals surface area contributed by atoms with Crippen molar-refractivity contribution in [1.29, 1.82) is 0 Å². The first-order chi connectivity index (χ1) is 12.9. The normalized spacial score (nSPS) is 17.7. The van der Waals surface area contributed by atoms with Crippen molar-refractivity contribution in [2.24, 2.45) is 0 Å². The lowest BCUT2D eigenvalue weighted by molar-refractivity contribution is -0.142. The maximum atomic E-state index is 12.4. The summed E-state index contributed by atoms with van der Waals surface area (Å²) in [5.74, 6) is 1.85. The molecule has 0 aliphatic carbocycles. The Hall–Kier alpha value is -2.28. The number of benzene rings is 1. The Labute approximate surface area is 166 Å². The number of carbonyl (C=O) groups excluding carboxylic acids is 1. The molecule has 1 fully saturated rings. The third kappa shape index (κ3) is 3.88. The molecule has 0 atom stereocenters. The monoisotopic (exact) mass is 432 g/mol. The molecule has 0 unspecified atom stereocenters. The third-order valence-electron chi connectivity index (χ3n) is 4.61. The molecule has 1 amide bonds. The molecule has 4 rings (SSSR count). The maximum absolute atomic E-state index is 12.4. The number of halogens is 1. The molecule has 1 aromatic carbocycles. The van der Waals surface area contributed by atoms with E-state index >= 15 is 0 Å². The summed E-state index contributed by atoms with van der Waals surface area (Å²) in [7, 11) is 0. The first-order valence-electron chi connectivity index (χ1n) is 8.90. The van der Waals surface area contributed by atoms with Crippen LogP contribution in [0.1, 0.15) is 19.4 Å². The van der Waals surface area contributed by atoms with Crippen LogP contribution in [0.5, 0.6) is 17.4 Å². The number of amides is 1. The van der Waals surface area contributed by atoms with Gasteiger partial charge in [-0.15, -0.1) is 0 Å². The molecule has 142 valence electrons. The summed E-state index contributed by atoms with van der Waals surface area (Å²) >= 11 is 3.41. The Bertz CT molecular complexity index is 865. The van der Waals surface area contributed by atoms with Crippen LogP contribution in [0.25, 0.3) is 0 Å². The minimum Gasteiger partial charge on any atom is -0.483 e. The van der Waals surface area contributed by atoms with Crippen molar-refractivity contribution in [2.45, 2.75) is 32.0 Å². The standard InChI is InChI=1S/C20H21BrN2O4/c1-20(2)9-13-5-3-7-16(18(13)27-20)25-12-17(24)23-10-14(11-23)26-19-15(21)6-4-8-22-19/h3-8,14H,9-12H2,1-2H3. The Morgan fingerprint density at radius 3 is 2.93 bits per heavy atom. The van der Waals surface area contributed by atoms with E-state index < -0.39 is 0 Å². The lowest BCUT2D eigenvalue weighted by Crippen LogP contribution is -2.57. The number of pyridine rings is 1. The smallest absolute Gasteiger partial charge is 0.260 e. The Morgan fingerprint density at radius 1 is 1.33 bits per heavy atom. The van der Waals surface area contributed by atoms with Crippen molar-refractivity contribution in [3.63, 3.8) is 0 Å². The average Bonchev–Trinajstić information content (AvgIpc) is 2.91. The van der Waals surface area contributed by atoms with Crippen molar-refractivity contribution in [3.8, 4) is 17.4 Å². The van der Waals surface area contributed by atoms with Crippen LogP contribution in [0.15, 0.2) is 41.0 Å². The van der Waals surface area contributed by atoms with Crippen LogP contribution in [-0.4, -0.2) is 47.2 Å².